The van der Waals surface area contributed by atoms with Crippen molar-refractivity contribution in [2.75, 3.05) is 11.9 Å². The number of halogens is 3. The summed E-state index contributed by atoms with van der Waals surface area (Å²) in [5.41, 5.74) is -0.925. The molecule has 3 heterocycles. The van der Waals surface area contributed by atoms with Gasteiger partial charge in [0.2, 0.25) is 0 Å². The van der Waals surface area contributed by atoms with Crippen molar-refractivity contribution in [2.24, 2.45) is 0 Å². The van der Waals surface area contributed by atoms with Crippen LogP contribution < -0.4 is 16.6 Å². The van der Waals surface area contributed by atoms with Crippen molar-refractivity contribution in [1.29, 1.82) is 0 Å². The third kappa shape index (κ3) is 4.43. The fourth-order valence-electron chi connectivity index (χ4n) is 3.92. The number of nitrogens with one attached hydrogen (secondary N) is 1. The Hall–Kier alpha value is -3.19. The molecule has 2 aromatic carbocycles. The molecule has 192 valence electrons. The molecule has 5 rings (SSSR count). The molecule has 10 nitrogen and oxygen atoms in total. The second-order valence-electron chi connectivity index (χ2n) is 8.14. The van der Waals surface area contributed by atoms with Gasteiger partial charge in [-0.25, -0.2) is 0 Å². The first-order valence-electron chi connectivity index (χ1n) is 10.8. The molecule has 2 aromatic heterocycles. The number of anilines is 1. The zero-order valence-corrected chi connectivity index (χ0v) is 21.0. The maximum absolute atomic E-state index is 14.4. The predicted octanol–water partition coefficient (Wildman–Crippen LogP) is 1.40. The van der Waals surface area contributed by atoms with Crippen LogP contribution in [-0.2, 0) is 4.74 Å². The summed E-state index contributed by atoms with van der Waals surface area (Å²) in [4.78, 5) is 41.8. The SMILES string of the molecule is O=C(Nc1ccn([C@H]2O[C@@H](CO)[C@H](O)C2(F)F)c(=O)n1)c1cc(-n2[se]c3ccccc3c2=O)ccc1Cl. The quantitative estimate of drug-likeness (QED) is 0.296. The average molecular weight is 598 g/mol. The van der Waals surface area contributed by atoms with Crippen LogP contribution in [0.25, 0.3) is 15.3 Å². The number of aliphatic hydroxyl groups excluding tert-OH is 2. The van der Waals surface area contributed by atoms with Gasteiger partial charge in [0.25, 0.3) is 0 Å². The van der Waals surface area contributed by atoms with E-state index in [1.165, 1.54) is 12.1 Å². The molecule has 1 saturated heterocycles. The third-order valence-corrected chi connectivity index (χ3v) is 8.47. The van der Waals surface area contributed by atoms with Gasteiger partial charge in [-0.2, -0.15) is 8.78 Å². The van der Waals surface area contributed by atoms with Crippen molar-refractivity contribution < 1.29 is 28.5 Å². The third-order valence-electron chi connectivity index (χ3n) is 5.80. The number of rotatable bonds is 5. The zero-order valence-electron chi connectivity index (χ0n) is 18.5. The molecule has 4 aromatic rings. The van der Waals surface area contributed by atoms with Gasteiger partial charge < -0.3 is 10.2 Å². The van der Waals surface area contributed by atoms with Crippen molar-refractivity contribution in [2.45, 2.75) is 24.4 Å². The Bertz CT molecular complexity index is 1640. The van der Waals surface area contributed by atoms with Gasteiger partial charge >= 0.3 is 180 Å². The number of benzene rings is 2. The number of aliphatic hydroxyl groups is 2. The van der Waals surface area contributed by atoms with E-state index in [1.54, 1.807) is 21.8 Å². The Morgan fingerprint density at radius 1 is 1.22 bits per heavy atom. The van der Waals surface area contributed by atoms with Gasteiger partial charge in [-0.05, 0) is 0 Å². The molecular formula is C23H17ClF2N4O6Se. The molecular weight excluding hydrogens is 581 g/mol. The van der Waals surface area contributed by atoms with Gasteiger partial charge in [-0.3, -0.25) is 0 Å². The standard InChI is InChI=1S/C23H17ClF2N4O6Se/c24-14-6-5-11(30-20(34)12-3-1-2-4-16(12)37-30)9-13(14)19(33)27-17-7-8-29(22(35)28-17)21-23(25,26)18(32)15(10-31)36-21/h1-9,15,18,21,31-32H,10H2,(H,27,28,33,35)/t15-,18-,21-/m0/s1. The van der Waals surface area contributed by atoms with Gasteiger partial charge in [-0.15, -0.1) is 0 Å². The van der Waals surface area contributed by atoms with Crippen LogP contribution in [-0.4, -0.2) is 68.7 Å². The first-order valence-corrected chi connectivity index (χ1v) is 12.8. The first kappa shape index (κ1) is 25.5. The van der Waals surface area contributed by atoms with E-state index in [2.05, 4.69) is 10.3 Å². The Kier molecular flexibility index (Phi) is 6.60. The molecule has 3 N–H and O–H groups in total. The van der Waals surface area contributed by atoms with Crippen LogP contribution in [0.15, 0.2) is 64.3 Å². The number of fused-ring (bicyclic) bond motifs is 1. The molecule has 0 bridgehead atoms. The van der Waals surface area contributed by atoms with Crippen LogP contribution in [0.2, 0.25) is 5.02 Å². The average Bonchev–Trinajstić information content (AvgIpc) is 3.32. The van der Waals surface area contributed by atoms with E-state index in [1.807, 2.05) is 12.1 Å². The Labute approximate surface area is 217 Å². The maximum atomic E-state index is 14.4. The fourth-order valence-corrected chi connectivity index (χ4v) is 6.20. The minimum atomic E-state index is -3.87. The van der Waals surface area contributed by atoms with Crippen molar-refractivity contribution >= 4 is 47.7 Å². The normalized spacial score (nSPS) is 20.8. The van der Waals surface area contributed by atoms with Crippen molar-refractivity contribution in [3.05, 3.63) is 86.2 Å². The molecule has 1 aliphatic rings. The summed E-state index contributed by atoms with van der Waals surface area (Å²) in [6, 6.07) is 12.8. The molecule has 0 spiro atoms. The molecule has 0 aliphatic carbocycles. The van der Waals surface area contributed by atoms with Crippen LogP contribution in [0.4, 0.5) is 14.6 Å². The Morgan fingerprint density at radius 3 is 2.65 bits per heavy atom. The summed E-state index contributed by atoms with van der Waals surface area (Å²) in [5, 5.41) is 21.8. The van der Waals surface area contributed by atoms with Crippen molar-refractivity contribution in [3.63, 3.8) is 0 Å². The Balaban J connectivity index is 1.41. The van der Waals surface area contributed by atoms with E-state index in [4.69, 9.17) is 21.4 Å². The second kappa shape index (κ2) is 9.60. The van der Waals surface area contributed by atoms with Crippen LogP contribution in [0.5, 0.6) is 0 Å². The van der Waals surface area contributed by atoms with Gasteiger partial charge in [-0.1, -0.05) is 0 Å². The summed E-state index contributed by atoms with van der Waals surface area (Å²) < 4.78 is 36.6. The van der Waals surface area contributed by atoms with E-state index in [9.17, 15) is 28.3 Å². The number of carbonyl (C=O) groups is 1. The zero-order chi connectivity index (χ0) is 26.5. The molecule has 0 unspecified atom stereocenters. The van der Waals surface area contributed by atoms with Gasteiger partial charge in [0.1, 0.15) is 6.10 Å². The number of ether oxygens (including phenoxy) is 1. The monoisotopic (exact) mass is 598 g/mol. The summed E-state index contributed by atoms with van der Waals surface area (Å²) in [7, 11) is 0. The topological polar surface area (TPSA) is 136 Å². The molecule has 3 atom stereocenters. The number of hydrogen-bond acceptors (Lipinski definition) is 7. The number of alkyl halides is 2. The minimum absolute atomic E-state index is 0.00395. The van der Waals surface area contributed by atoms with Gasteiger partial charge in [0.15, 0.2) is 6.10 Å². The number of carbonyl (C=O) groups excluding carboxylic acids is 1. The molecule has 0 saturated carbocycles. The number of nitrogens with zero attached hydrogens (tertiary/aromatic N) is 3. The molecule has 1 fully saturated rings. The van der Waals surface area contributed by atoms with Crippen LogP contribution in [0.1, 0.15) is 16.6 Å². The molecule has 37 heavy (non-hydrogen) atoms. The second-order valence-corrected chi connectivity index (χ2v) is 10.6. The van der Waals surface area contributed by atoms with E-state index in [-0.39, 0.29) is 36.7 Å². The summed E-state index contributed by atoms with van der Waals surface area (Å²) in [6.07, 6.45) is -5.17. The summed E-state index contributed by atoms with van der Waals surface area (Å²) in [6.45, 7) is -0.875. The Morgan fingerprint density at radius 2 is 1.97 bits per heavy atom. The van der Waals surface area contributed by atoms with Crippen LogP contribution in [0, 0.1) is 0 Å². The number of amides is 1. The van der Waals surface area contributed by atoms with E-state index < -0.39 is 42.6 Å². The number of aromatic nitrogens is 3. The van der Waals surface area contributed by atoms with Crippen LogP contribution in [0.3, 0.4) is 0 Å². The first-order chi connectivity index (χ1) is 17.6. The van der Waals surface area contributed by atoms with E-state index >= 15 is 0 Å². The molecule has 1 amide bonds. The molecule has 0 radical (unpaired) electrons. The van der Waals surface area contributed by atoms with Gasteiger partial charge in [0.05, 0.1) is 6.61 Å². The van der Waals surface area contributed by atoms with Crippen molar-refractivity contribution in [3.8, 4) is 5.69 Å². The predicted molar refractivity (Wildman–Crippen MR) is 130 cm³/mol. The van der Waals surface area contributed by atoms with Gasteiger partial charge in [0, 0.05) is 0 Å². The summed E-state index contributed by atoms with van der Waals surface area (Å²) in [5.74, 6) is -4.86. The van der Waals surface area contributed by atoms with E-state index in [0.29, 0.717) is 15.6 Å². The van der Waals surface area contributed by atoms with Crippen molar-refractivity contribution in [1.82, 2.24) is 13.1 Å². The fraction of sp³-hybridized carbons (Fsp3) is 0.217. The van der Waals surface area contributed by atoms with Crippen LogP contribution >= 0.6 is 11.6 Å². The molecule has 14 heteroatoms. The molecule has 1 aliphatic heterocycles. The van der Waals surface area contributed by atoms with E-state index in [0.717, 1.165) is 16.5 Å². The summed E-state index contributed by atoms with van der Waals surface area (Å²) >= 11 is 5.88. The number of hydrogen-bond donors (Lipinski definition) is 3.